The van der Waals surface area contributed by atoms with Crippen LogP contribution in [0.3, 0.4) is 0 Å². The molecule has 0 aliphatic carbocycles. The highest BCUT2D eigenvalue weighted by Crippen LogP contribution is 2.24. The van der Waals surface area contributed by atoms with Crippen molar-refractivity contribution >= 4 is 5.84 Å². The second kappa shape index (κ2) is 5.88. The van der Waals surface area contributed by atoms with Crippen LogP contribution < -0.4 is 10.5 Å². The van der Waals surface area contributed by atoms with Gasteiger partial charge in [-0.05, 0) is 19.9 Å². The van der Waals surface area contributed by atoms with Gasteiger partial charge in [0.05, 0.1) is 12.2 Å². The standard InChI is InChI=1S/C13H19N3O3/c1-8-5-11(6-9(2)18-8)19-10-3-4-15-12(7-10)13(14)16-17/h3-4,7-9,11,17H,5-6H2,1-2H3,(H2,14,16). The van der Waals surface area contributed by atoms with Crippen LogP contribution in [0.1, 0.15) is 32.4 Å². The Hall–Kier alpha value is -1.82. The molecule has 0 aromatic carbocycles. The number of pyridine rings is 1. The summed E-state index contributed by atoms with van der Waals surface area (Å²) in [5.74, 6) is 0.641. The SMILES string of the molecule is CC1CC(Oc2ccnc(/C(N)=N/O)c2)CC(C)O1. The molecule has 6 nitrogen and oxygen atoms in total. The third kappa shape index (κ3) is 3.57. The van der Waals surface area contributed by atoms with E-state index in [0.717, 1.165) is 12.8 Å². The minimum atomic E-state index is -0.0286. The van der Waals surface area contributed by atoms with Crippen LogP contribution in [0.2, 0.25) is 0 Å². The number of aromatic nitrogens is 1. The normalized spacial score (nSPS) is 28.1. The van der Waals surface area contributed by atoms with Crippen molar-refractivity contribution in [3.8, 4) is 5.75 Å². The highest BCUT2D eigenvalue weighted by atomic mass is 16.5. The highest BCUT2D eigenvalue weighted by molar-refractivity contribution is 5.95. The van der Waals surface area contributed by atoms with Gasteiger partial charge < -0.3 is 20.4 Å². The van der Waals surface area contributed by atoms with Crippen molar-refractivity contribution in [2.75, 3.05) is 0 Å². The molecule has 2 atom stereocenters. The molecule has 2 rings (SSSR count). The minimum Gasteiger partial charge on any atom is -0.490 e. The molecule has 2 heterocycles. The van der Waals surface area contributed by atoms with E-state index in [1.54, 1.807) is 18.3 Å². The molecule has 6 heteroatoms. The molecule has 1 saturated heterocycles. The van der Waals surface area contributed by atoms with Gasteiger partial charge in [0.1, 0.15) is 17.5 Å². The molecule has 1 aromatic heterocycles. The van der Waals surface area contributed by atoms with E-state index in [0.29, 0.717) is 11.4 Å². The summed E-state index contributed by atoms with van der Waals surface area (Å²) in [5.41, 5.74) is 5.90. The van der Waals surface area contributed by atoms with Crippen LogP contribution >= 0.6 is 0 Å². The molecule has 0 bridgehead atoms. The number of hydrogen-bond donors (Lipinski definition) is 2. The summed E-state index contributed by atoms with van der Waals surface area (Å²) in [7, 11) is 0. The first-order valence-corrected chi connectivity index (χ1v) is 6.34. The molecule has 1 aliphatic rings. The fraction of sp³-hybridized carbons (Fsp3) is 0.538. The van der Waals surface area contributed by atoms with Gasteiger partial charge in [0.25, 0.3) is 0 Å². The van der Waals surface area contributed by atoms with E-state index in [4.69, 9.17) is 20.4 Å². The van der Waals surface area contributed by atoms with Crippen LogP contribution in [-0.2, 0) is 4.74 Å². The average molecular weight is 265 g/mol. The van der Waals surface area contributed by atoms with Gasteiger partial charge in [0.2, 0.25) is 0 Å². The molecular formula is C13H19N3O3. The maximum absolute atomic E-state index is 8.64. The monoisotopic (exact) mass is 265 g/mol. The van der Waals surface area contributed by atoms with Gasteiger partial charge in [0.15, 0.2) is 5.84 Å². The van der Waals surface area contributed by atoms with Crippen molar-refractivity contribution in [1.29, 1.82) is 0 Å². The molecular weight excluding hydrogens is 246 g/mol. The van der Waals surface area contributed by atoms with E-state index >= 15 is 0 Å². The average Bonchev–Trinajstić information content (AvgIpc) is 2.37. The lowest BCUT2D eigenvalue weighted by Crippen LogP contribution is -2.35. The molecule has 0 spiro atoms. The predicted molar refractivity (Wildman–Crippen MR) is 70.4 cm³/mol. The zero-order valence-corrected chi connectivity index (χ0v) is 11.1. The lowest BCUT2D eigenvalue weighted by molar-refractivity contribution is -0.0721. The fourth-order valence-corrected chi connectivity index (χ4v) is 2.31. The van der Waals surface area contributed by atoms with Crippen molar-refractivity contribution in [3.05, 3.63) is 24.0 Å². The van der Waals surface area contributed by atoms with E-state index < -0.39 is 0 Å². The van der Waals surface area contributed by atoms with Crippen molar-refractivity contribution in [3.63, 3.8) is 0 Å². The van der Waals surface area contributed by atoms with Crippen LogP contribution in [0.15, 0.2) is 23.5 Å². The van der Waals surface area contributed by atoms with Gasteiger partial charge >= 0.3 is 0 Å². The van der Waals surface area contributed by atoms with Crippen molar-refractivity contribution in [1.82, 2.24) is 4.98 Å². The van der Waals surface area contributed by atoms with Gasteiger partial charge in [-0.25, -0.2) is 0 Å². The Bertz CT molecular complexity index is 454. The Labute approximate surface area is 112 Å². The Balaban J connectivity index is 2.06. The van der Waals surface area contributed by atoms with Crippen LogP contribution in [-0.4, -0.2) is 34.3 Å². The molecule has 1 fully saturated rings. The summed E-state index contributed by atoms with van der Waals surface area (Å²) >= 11 is 0. The van der Waals surface area contributed by atoms with E-state index in [1.165, 1.54) is 0 Å². The van der Waals surface area contributed by atoms with E-state index in [2.05, 4.69) is 10.1 Å². The highest BCUT2D eigenvalue weighted by Gasteiger charge is 2.25. The van der Waals surface area contributed by atoms with E-state index in [9.17, 15) is 0 Å². The molecule has 1 aliphatic heterocycles. The minimum absolute atomic E-state index is 0.0286. The number of nitrogens with two attached hydrogens (primary N) is 1. The number of nitrogens with zero attached hydrogens (tertiary/aromatic N) is 2. The lowest BCUT2D eigenvalue weighted by atomic mass is 10.0. The molecule has 19 heavy (non-hydrogen) atoms. The fourth-order valence-electron chi connectivity index (χ4n) is 2.31. The maximum Gasteiger partial charge on any atom is 0.188 e. The summed E-state index contributed by atoms with van der Waals surface area (Å²) in [5, 5.41) is 11.6. The zero-order chi connectivity index (χ0) is 13.8. The quantitative estimate of drug-likeness (QED) is 0.374. The van der Waals surface area contributed by atoms with E-state index in [1.807, 2.05) is 13.8 Å². The molecule has 104 valence electrons. The van der Waals surface area contributed by atoms with Crippen molar-refractivity contribution < 1.29 is 14.7 Å². The lowest BCUT2D eigenvalue weighted by Gasteiger charge is -2.32. The maximum atomic E-state index is 8.64. The van der Waals surface area contributed by atoms with Crippen LogP contribution in [0.4, 0.5) is 0 Å². The van der Waals surface area contributed by atoms with Crippen molar-refractivity contribution in [2.24, 2.45) is 10.9 Å². The van der Waals surface area contributed by atoms with Crippen LogP contribution in [0.5, 0.6) is 5.75 Å². The summed E-state index contributed by atoms with van der Waals surface area (Å²) in [6.45, 7) is 4.08. The molecule has 0 amide bonds. The van der Waals surface area contributed by atoms with E-state index in [-0.39, 0.29) is 24.1 Å². The molecule has 1 aromatic rings. The van der Waals surface area contributed by atoms with Crippen molar-refractivity contribution in [2.45, 2.75) is 45.0 Å². The summed E-state index contributed by atoms with van der Waals surface area (Å²) in [4.78, 5) is 4.01. The number of rotatable bonds is 3. The first kappa shape index (κ1) is 13.6. The Morgan fingerprint density at radius 3 is 2.79 bits per heavy atom. The third-order valence-corrected chi connectivity index (χ3v) is 3.06. The first-order valence-electron chi connectivity index (χ1n) is 6.34. The zero-order valence-electron chi connectivity index (χ0n) is 11.1. The summed E-state index contributed by atoms with van der Waals surface area (Å²) in [6, 6.07) is 3.43. The summed E-state index contributed by atoms with van der Waals surface area (Å²) < 4.78 is 11.6. The topological polar surface area (TPSA) is 90.0 Å². The van der Waals surface area contributed by atoms with Gasteiger partial charge in [-0.2, -0.15) is 0 Å². The smallest absolute Gasteiger partial charge is 0.188 e. The second-order valence-electron chi connectivity index (χ2n) is 4.83. The first-order chi connectivity index (χ1) is 9.08. The number of hydrogen-bond acceptors (Lipinski definition) is 5. The van der Waals surface area contributed by atoms with Gasteiger partial charge in [-0.1, -0.05) is 5.16 Å². The van der Waals surface area contributed by atoms with Gasteiger partial charge in [0, 0.05) is 25.1 Å². The van der Waals surface area contributed by atoms with Crippen LogP contribution in [0, 0.1) is 0 Å². The Morgan fingerprint density at radius 2 is 2.16 bits per heavy atom. The third-order valence-electron chi connectivity index (χ3n) is 3.06. The second-order valence-corrected chi connectivity index (χ2v) is 4.83. The summed E-state index contributed by atoms with van der Waals surface area (Å²) in [6.07, 6.45) is 3.78. The Kier molecular flexibility index (Phi) is 4.21. The molecule has 2 unspecified atom stereocenters. The van der Waals surface area contributed by atoms with Gasteiger partial charge in [-0.3, -0.25) is 4.98 Å². The molecule has 3 N–H and O–H groups in total. The molecule has 0 saturated carbocycles. The predicted octanol–water partition coefficient (Wildman–Crippen LogP) is 1.51. The molecule has 0 radical (unpaired) electrons. The Morgan fingerprint density at radius 1 is 1.47 bits per heavy atom. The van der Waals surface area contributed by atoms with Gasteiger partial charge in [-0.15, -0.1) is 0 Å². The van der Waals surface area contributed by atoms with Crippen LogP contribution in [0.25, 0.3) is 0 Å². The number of amidine groups is 1. The number of oxime groups is 1. The number of ether oxygens (including phenoxy) is 2. The largest absolute Gasteiger partial charge is 0.490 e.